The van der Waals surface area contributed by atoms with Gasteiger partial charge in [-0.2, -0.15) is 0 Å². The Hall–Kier alpha value is -0.340. The first kappa shape index (κ1) is 7.89. The molecule has 3 fully saturated rings. The van der Waals surface area contributed by atoms with Crippen molar-refractivity contribution in [3.8, 4) is 0 Å². The van der Waals surface area contributed by atoms with E-state index < -0.39 is 4.87 Å². The molecule has 0 aliphatic heterocycles. The Labute approximate surface area is 86.9 Å². The number of aliphatic hydroxyl groups excluding tert-OH is 1. The molecule has 2 nitrogen and oxygen atoms in total. The lowest BCUT2D eigenvalue weighted by Crippen LogP contribution is -2.40. The lowest BCUT2D eigenvalue weighted by atomic mass is 9.79. The van der Waals surface area contributed by atoms with Crippen LogP contribution >= 0.6 is 11.6 Å². The normalized spacial score (nSPS) is 67.1. The van der Waals surface area contributed by atoms with Gasteiger partial charge in [-0.25, -0.2) is 0 Å². The molecule has 0 radical (unpaired) electrons. The highest BCUT2D eigenvalue weighted by Crippen LogP contribution is 2.69. The van der Waals surface area contributed by atoms with Crippen LogP contribution in [-0.2, 0) is 4.79 Å². The largest absolute Gasteiger partial charge is 0.392 e. The molecule has 3 heteroatoms. The van der Waals surface area contributed by atoms with E-state index in [0.29, 0.717) is 5.92 Å². The molecule has 74 valence electrons. The van der Waals surface area contributed by atoms with Gasteiger partial charge in [-0.15, -0.1) is 11.6 Å². The minimum atomic E-state index is -0.650. The third-order valence-corrected chi connectivity index (χ3v) is 5.48. The van der Waals surface area contributed by atoms with Gasteiger partial charge in [-0.1, -0.05) is 12.2 Å². The lowest BCUT2D eigenvalue weighted by molar-refractivity contribution is -0.125. The zero-order valence-electron chi connectivity index (χ0n) is 7.56. The van der Waals surface area contributed by atoms with Gasteiger partial charge >= 0.3 is 0 Å². The van der Waals surface area contributed by atoms with E-state index in [1.54, 1.807) is 0 Å². The minimum Gasteiger partial charge on any atom is -0.392 e. The zero-order chi connectivity index (χ0) is 9.66. The third-order valence-electron chi connectivity index (χ3n) is 4.89. The molecule has 0 aromatic heterocycles. The van der Waals surface area contributed by atoms with E-state index in [1.165, 1.54) is 0 Å². The first-order valence-corrected chi connectivity index (χ1v) is 5.62. The van der Waals surface area contributed by atoms with Crippen LogP contribution in [-0.4, -0.2) is 21.9 Å². The topological polar surface area (TPSA) is 37.3 Å². The number of Topliss-reactive ketones (excluding diaryl/α,β-unsaturated/α-hetero) is 1. The zero-order valence-corrected chi connectivity index (χ0v) is 8.32. The Balaban J connectivity index is 2.02. The van der Waals surface area contributed by atoms with Crippen LogP contribution < -0.4 is 0 Å². The van der Waals surface area contributed by atoms with Crippen molar-refractivity contribution in [3.63, 3.8) is 0 Å². The average Bonchev–Trinajstić information content (AvgIpc) is 2.57. The molecule has 0 aromatic carbocycles. The molecule has 0 aromatic rings. The van der Waals surface area contributed by atoms with Crippen LogP contribution in [0.3, 0.4) is 0 Å². The van der Waals surface area contributed by atoms with Gasteiger partial charge in [-0.05, 0) is 18.3 Å². The SMILES string of the molecule is O=C1[C@H]2C3C=C[C@H]4[C@@H]([C@@H]2CC14Cl)[C@@H]3O. The molecule has 0 amide bonds. The summed E-state index contributed by atoms with van der Waals surface area (Å²) in [5.41, 5.74) is 0. The van der Waals surface area contributed by atoms with Crippen molar-refractivity contribution in [2.75, 3.05) is 0 Å². The van der Waals surface area contributed by atoms with Gasteiger partial charge in [0.1, 0.15) is 4.87 Å². The minimum absolute atomic E-state index is 0.0301. The second-order valence-electron chi connectivity index (χ2n) is 5.18. The van der Waals surface area contributed by atoms with Crippen molar-refractivity contribution in [2.45, 2.75) is 17.4 Å². The summed E-state index contributed by atoms with van der Waals surface area (Å²) in [6.45, 7) is 0. The molecule has 4 aliphatic carbocycles. The van der Waals surface area contributed by atoms with Crippen molar-refractivity contribution >= 4 is 17.4 Å². The molecule has 4 bridgehead atoms. The lowest BCUT2D eigenvalue weighted by Gasteiger charge is -2.31. The van der Waals surface area contributed by atoms with E-state index in [0.717, 1.165) is 6.42 Å². The van der Waals surface area contributed by atoms with Gasteiger partial charge in [0.15, 0.2) is 5.78 Å². The number of carbonyl (C=O) groups excluding carboxylic acids is 1. The van der Waals surface area contributed by atoms with Gasteiger partial charge in [-0.3, -0.25) is 4.79 Å². The maximum atomic E-state index is 12.1. The van der Waals surface area contributed by atoms with Gasteiger partial charge in [0.2, 0.25) is 0 Å². The van der Waals surface area contributed by atoms with E-state index in [4.69, 9.17) is 11.6 Å². The summed E-state index contributed by atoms with van der Waals surface area (Å²) in [5.74, 6) is 1.04. The fraction of sp³-hybridized carbons (Fsp3) is 0.727. The van der Waals surface area contributed by atoms with Gasteiger partial charge in [0.25, 0.3) is 0 Å². The first-order chi connectivity index (χ1) is 6.64. The molecular weight excluding hydrogens is 200 g/mol. The molecule has 14 heavy (non-hydrogen) atoms. The van der Waals surface area contributed by atoms with Crippen LogP contribution in [0, 0.1) is 29.6 Å². The number of fused-ring (bicyclic) bond motifs is 4. The Kier molecular flexibility index (Phi) is 1.10. The average molecular weight is 211 g/mol. The number of ketones is 1. The molecule has 4 rings (SSSR count). The highest BCUT2D eigenvalue weighted by Gasteiger charge is 2.74. The number of alkyl halides is 1. The Morgan fingerprint density at radius 3 is 3.07 bits per heavy atom. The van der Waals surface area contributed by atoms with Crippen molar-refractivity contribution in [1.82, 2.24) is 0 Å². The highest BCUT2D eigenvalue weighted by molar-refractivity contribution is 6.37. The van der Waals surface area contributed by atoms with Crippen molar-refractivity contribution in [3.05, 3.63) is 12.2 Å². The maximum absolute atomic E-state index is 12.1. The van der Waals surface area contributed by atoms with Crippen LogP contribution in [0.2, 0.25) is 0 Å². The predicted molar refractivity (Wildman–Crippen MR) is 50.8 cm³/mol. The fourth-order valence-corrected chi connectivity index (χ4v) is 4.97. The van der Waals surface area contributed by atoms with Crippen LogP contribution in [0.15, 0.2) is 12.2 Å². The smallest absolute Gasteiger partial charge is 0.158 e. The van der Waals surface area contributed by atoms with Gasteiger partial charge in [0, 0.05) is 17.8 Å². The number of carbonyl (C=O) groups is 1. The number of aliphatic hydroxyl groups is 1. The Morgan fingerprint density at radius 1 is 1.50 bits per heavy atom. The molecule has 4 aliphatic rings. The van der Waals surface area contributed by atoms with E-state index >= 15 is 0 Å². The first-order valence-electron chi connectivity index (χ1n) is 5.24. The fourth-order valence-electron chi connectivity index (χ4n) is 4.45. The Morgan fingerprint density at radius 2 is 2.29 bits per heavy atom. The molecule has 0 saturated heterocycles. The van der Waals surface area contributed by atoms with Crippen LogP contribution in [0.5, 0.6) is 0 Å². The van der Waals surface area contributed by atoms with Crippen LogP contribution in [0.1, 0.15) is 6.42 Å². The maximum Gasteiger partial charge on any atom is 0.158 e. The second kappa shape index (κ2) is 1.96. The quantitative estimate of drug-likeness (QED) is 0.478. The number of rotatable bonds is 0. The number of halogens is 1. The van der Waals surface area contributed by atoms with Gasteiger partial charge < -0.3 is 5.11 Å². The summed E-state index contributed by atoms with van der Waals surface area (Å²) in [5, 5.41) is 10.1. The summed E-state index contributed by atoms with van der Waals surface area (Å²) in [6, 6.07) is 0. The number of hydrogen-bond acceptors (Lipinski definition) is 2. The molecule has 1 N–H and O–H groups in total. The molecular formula is C11H11ClO2. The van der Waals surface area contributed by atoms with Crippen molar-refractivity contribution in [1.29, 1.82) is 0 Å². The van der Waals surface area contributed by atoms with Crippen molar-refractivity contribution in [2.24, 2.45) is 29.6 Å². The van der Waals surface area contributed by atoms with Gasteiger partial charge in [0.05, 0.1) is 6.10 Å². The molecule has 2 unspecified atom stereocenters. The summed E-state index contributed by atoms with van der Waals surface area (Å²) < 4.78 is 0. The summed E-state index contributed by atoms with van der Waals surface area (Å²) in [7, 11) is 0. The van der Waals surface area contributed by atoms with E-state index in [1.807, 2.05) is 6.08 Å². The second-order valence-corrected chi connectivity index (χ2v) is 5.85. The number of hydrogen-bond donors (Lipinski definition) is 1. The van der Waals surface area contributed by atoms with Crippen molar-refractivity contribution < 1.29 is 9.90 Å². The standard InChI is InChI=1S/C11H11ClO2/c12-11-3-5-7(10(11)14)4-1-2-6(11)8(5)9(4)13/h1-2,4-9,13H,3H2/t4?,5-,6+,7+,8-,9-,11?/m1/s1. The monoisotopic (exact) mass is 210 g/mol. The number of allylic oxidation sites excluding steroid dienone is 1. The van der Waals surface area contributed by atoms with E-state index in [9.17, 15) is 9.90 Å². The van der Waals surface area contributed by atoms with Crippen LogP contribution in [0.4, 0.5) is 0 Å². The third kappa shape index (κ3) is 0.537. The molecule has 0 spiro atoms. The molecule has 0 heterocycles. The molecule has 7 atom stereocenters. The summed E-state index contributed by atoms with van der Waals surface area (Å²) >= 11 is 6.42. The summed E-state index contributed by atoms with van der Waals surface area (Å²) in [6.07, 6.45) is 4.59. The highest BCUT2D eigenvalue weighted by atomic mass is 35.5. The van der Waals surface area contributed by atoms with Crippen LogP contribution in [0.25, 0.3) is 0 Å². The van der Waals surface area contributed by atoms with E-state index in [-0.39, 0.29) is 35.6 Å². The summed E-state index contributed by atoms with van der Waals surface area (Å²) in [4.78, 5) is 11.4. The predicted octanol–water partition coefficient (Wildman–Crippen LogP) is 0.976. The molecule has 3 saturated carbocycles. The Bertz CT molecular complexity index is 377. The van der Waals surface area contributed by atoms with E-state index in [2.05, 4.69) is 6.08 Å².